The molecule has 0 saturated heterocycles. The van der Waals surface area contributed by atoms with Gasteiger partial charge in [0.1, 0.15) is 0 Å². The third kappa shape index (κ3) is 3.38. The Hall–Kier alpha value is -1.02. The van der Waals surface area contributed by atoms with Crippen LogP contribution >= 0.6 is 0 Å². The Kier molecular flexibility index (Phi) is 4.47. The van der Waals surface area contributed by atoms with Gasteiger partial charge in [-0.1, -0.05) is 26.0 Å². The van der Waals surface area contributed by atoms with Gasteiger partial charge in [0.15, 0.2) is 0 Å². The lowest BCUT2D eigenvalue weighted by Crippen LogP contribution is -2.07. The minimum absolute atomic E-state index is 0.600. The molecule has 0 amide bonds. The zero-order valence-electron chi connectivity index (χ0n) is 9.21. The summed E-state index contributed by atoms with van der Waals surface area (Å²) in [5, 5.41) is 3.29. The summed E-state index contributed by atoms with van der Waals surface area (Å²) in [4.78, 5) is 0. The van der Waals surface area contributed by atoms with Crippen LogP contribution in [0.2, 0.25) is 0 Å². The van der Waals surface area contributed by atoms with Crippen LogP contribution in [0.5, 0.6) is 0 Å². The van der Waals surface area contributed by atoms with Crippen LogP contribution in [-0.2, 0) is 4.74 Å². The summed E-state index contributed by atoms with van der Waals surface area (Å²) < 4.78 is 4.96. The first-order chi connectivity index (χ1) is 6.74. The summed E-state index contributed by atoms with van der Waals surface area (Å²) in [7, 11) is 1.71. The van der Waals surface area contributed by atoms with Crippen molar-refractivity contribution in [3.63, 3.8) is 0 Å². The van der Waals surface area contributed by atoms with Crippen LogP contribution in [0.15, 0.2) is 24.3 Å². The number of benzene rings is 1. The molecule has 0 aliphatic heterocycles. The molecule has 0 bridgehead atoms. The molecule has 14 heavy (non-hydrogen) atoms. The lowest BCUT2D eigenvalue weighted by molar-refractivity contribution is 0.211. The number of rotatable bonds is 5. The smallest absolute Gasteiger partial charge is 0.0635 e. The minimum Gasteiger partial charge on any atom is -0.383 e. The van der Waals surface area contributed by atoms with Gasteiger partial charge < -0.3 is 10.1 Å². The van der Waals surface area contributed by atoms with Crippen LogP contribution < -0.4 is 5.32 Å². The Morgan fingerprint density at radius 3 is 2.36 bits per heavy atom. The van der Waals surface area contributed by atoms with E-state index in [1.807, 2.05) is 0 Å². The predicted molar refractivity (Wildman–Crippen MR) is 60.9 cm³/mol. The standard InChI is InChI=1S/C12H19NO/c1-10(2)11-4-6-12(7-5-11)13-8-9-14-3/h4-7,10,13H,8-9H2,1-3H3. The SMILES string of the molecule is COCCNc1ccc(C(C)C)cc1. The van der Waals surface area contributed by atoms with E-state index in [-0.39, 0.29) is 0 Å². The van der Waals surface area contributed by atoms with E-state index in [1.165, 1.54) is 5.56 Å². The second-order valence-corrected chi connectivity index (χ2v) is 3.70. The van der Waals surface area contributed by atoms with E-state index >= 15 is 0 Å². The second kappa shape index (κ2) is 5.66. The van der Waals surface area contributed by atoms with E-state index in [2.05, 4.69) is 43.4 Å². The van der Waals surface area contributed by atoms with Crippen molar-refractivity contribution in [1.29, 1.82) is 0 Å². The summed E-state index contributed by atoms with van der Waals surface area (Å²) in [5.74, 6) is 0.600. The van der Waals surface area contributed by atoms with Gasteiger partial charge in [0.25, 0.3) is 0 Å². The monoisotopic (exact) mass is 193 g/mol. The predicted octanol–water partition coefficient (Wildman–Crippen LogP) is 2.87. The van der Waals surface area contributed by atoms with Crippen LogP contribution in [0.25, 0.3) is 0 Å². The average Bonchev–Trinajstić information content (AvgIpc) is 2.19. The molecule has 0 saturated carbocycles. The number of methoxy groups -OCH3 is 1. The third-order valence-corrected chi connectivity index (χ3v) is 2.21. The zero-order chi connectivity index (χ0) is 10.4. The topological polar surface area (TPSA) is 21.3 Å². The quantitative estimate of drug-likeness (QED) is 0.726. The van der Waals surface area contributed by atoms with E-state index < -0.39 is 0 Å². The molecule has 0 heterocycles. The third-order valence-electron chi connectivity index (χ3n) is 2.21. The maximum absolute atomic E-state index is 4.96. The van der Waals surface area contributed by atoms with Crippen molar-refractivity contribution in [2.45, 2.75) is 19.8 Å². The molecular weight excluding hydrogens is 174 g/mol. The fourth-order valence-corrected chi connectivity index (χ4v) is 1.28. The van der Waals surface area contributed by atoms with Crippen molar-refractivity contribution >= 4 is 5.69 Å². The van der Waals surface area contributed by atoms with Crippen LogP contribution in [-0.4, -0.2) is 20.3 Å². The van der Waals surface area contributed by atoms with Crippen molar-refractivity contribution in [3.8, 4) is 0 Å². The first-order valence-electron chi connectivity index (χ1n) is 5.07. The molecule has 0 aromatic heterocycles. The first-order valence-corrected chi connectivity index (χ1v) is 5.07. The zero-order valence-corrected chi connectivity index (χ0v) is 9.21. The molecule has 2 nitrogen and oxygen atoms in total. The molecule has 1 rings (SSSR count). The summed E-state index contributed by atoms with van der Waals surface area (Å²) in [6.45, 7) is 6.00. The summed E-state index contributed by atoms with van der Waals surface area (Å²) >= 11 is 0. The van der Waals surface area contributed by atoms with Gasteiger partial charge in [-0.3, -0.25) is 0 Å². The molecule has 0 aliphatic carbocycles. The second-order valence-electron chi connectivity index (χ2n) is 3.70. The molecule has 0 radical (unpaired) electrons. The number of ether oxygens (including phenoxy) is 1. The molecule has 1 aromatic rings. The maximum Gasteiger partial charge on any atom is 0.0635 e. The highest BCUT2D eigenvalue weighted by molar-refractivity contribution is 5.45. The van der Waals surface area contributed by atoms with Gasteiger partial charge in [0.05, 0.1) is 6.61 Å². The molecule has 78 valence electrons. The molecule has 0 aliphatic rings. The molecule has 0 atom stereocenters. The molecule has 0 spiro atoms. The van der Waals surface area contributed by atoms with Crippen molar-refractivity contribution in [3.05, 3.63) is 29.8 Å². The molecule has 0 fully saturated rings. The van der Waals surface area contributed by atoms with Crippen molar-refractivity contribution in [2.24, 2.45) is 0 Å². The molecular formula is C12H19NO. The van der Waals surface area contributed by atoms with Crippen LogP contribution in [0.1, 0.15) is 25.3 Å². The number of nitrogens with one attached hydrogen (secondary N) is 1. The number of anilines is 1. The summed E-state index contributed by atoms with van der Waals surface area (Å²) in [6.07, 6.45) is 0. The fourth-order valence-electron chi connectivity index (χ4n) is 1.28. The first kappa shape index (κ1) is 11.1. The van der Waals surface area contributed by atoms with E-state index in [0.717, 1.165) is 18.8 Å². The van der Waals surface area contributed by atoms with Crippen LogP contribution in [0.4, 0.5) is 5.69 Å². The van der Waals surface area contributed by atoms with Crippen LogP contribution in [0, 0.1) is 0 Å². The lowest BCUT2D eigenvalue weighted by atomic mass is 10.0. The van der Waals surface area contributed by atoms with Gasteiger partial charge in [0, 0.05) is 19.3 Å². The minimum atomic E-state index is 0.600. The Bertz CT molecular complexity index is 254. The molecule has 1 aromatic carbocycles. The van der Waals surface area contributed by atoms with E-state index in [0.29, 0.717) is 5.92 Å². The Morgan fingerprint density at radius 1 is 1.21 bits per heavy atom. The van der Waals surface area contributed by atoms with Gasteiger partial charge in [-0.15, -0.1) is 0 Å². The van der Waals surface area contributed by atoms with Crippen molar-refractivity contribution < 1.29 is 4.74 Å². The molecule has 1 N–H and O–H groups in total. The number of hydrogen-bond donors (Lipinski definition) is 1. The highest BCUT2D eigenvalue weighted by Gasteiger charge is 1.97. The maximum atomic E-state index is 4.96. The lowest BCUT2D eigenvalue weighted by Gasteiger charge is -2.08. The van der Waals surface area contributed by atoms with E-state index in [1.54, 1.807) is 7.11 Å². The van der Waals surface area contributed by atoms with Gasteiger partial charge >= 0.3 is 0 Å². The van der Waals surface area contributed by atoms with E-state index in [4.69, 9.17) is 4.74 Å². The van der Waals surface area contributed by atoms with Crippen LogP contribution in [0.3, 0.4) is 0 Å². The highest BCUT2D eigenvalue weighted by atomic mass is 16.5. The summed E-state index contributed by atoms with van der Waals surface area (Å²) in [6, 6.07) is 8.57. The molecule has 2 heteroatoms. The van der Waals surface area contributed by atoms with Gasteiger partial charge in [-0.2, -0.15) is 0 Å². The normalized spacial score (nSPS) is 10.6. The Labute approximate surface area is 86.3 Å². The molecule has 0 unspecified atom stereocenters. The largest absolute Gasteiger partial charge is 0.383 e. The Morgan fingerprint density at radius 2 is 1.86 bits per heavy atom. The van der Waals surface area contributed by atoms with Crippen molar-refractivity contribution in [2.75, 3.05) is 25.6 Å². The average molecular weight is 193 g/mol. The highest BCUT2D eigenvalue weighted by Crippen LogP contribution is 2.16. The van der Waals surface area contributed by atoms with Gasteiger partial charge in [-0.25, -0.2) is 0 Å². The van der Waals surface area contributed by atoms with Gasteiger partial charge in [-0.05, 0) is 23.6 Å². The fraction of sp³-hybridized carbons (Fsp3) is 0.500. The Balaban J connectivity index is 2.47. The van der Waals surface area contributed by atoms with E-state index in [9.17, 15) is 0 Å². The van der Waals surface area contributed by atoms with Gasteiger partial charge in [0.2, 0.25) is 0 Å². The van der Waals surface area contributed by atoms with Crippen molar-refractivity contribution in [1.82, 2.24) is 0 Å². The number of hydrogen-bond acceptors (Lipinski definition) is 2. The summed E-state index contributed by atoms with van der Waals surface area (Å²) in [5.41, 5.74) is 2.54.